The van der Waals surface area contributed by atoms with Gasteiger partial charge in [-0.3, -0.25) is 0 Å². The molecular weight excluding hydrogens is 320 g/mol. The van der Waals surface area contributed by atoms with Crippen molar-refractivity contribution in [1.29, 1.82) is 0 Å². The Morgan fingerprint density at radius 1 is 1.08 bits per heavy atom. The lowest BCUT2D eigenvalue weighted by atomic mass is 9.85. The third-order valence-corrected chi connectivity index (χ3v) is 7.38. The van der Waals surface area contributed by atoms with Gasteiger partial charge in [-0.15, -0.1) is 0 Å². The molecule has 5 heteroatoms. The van der Waals surface area contributed by atoms with E-state index < -0.39 is 10.0 Å². The average Bonchev–Trinajstić information content (AvgIpc) is 2.45. The van der Waals surface area contributed by atoms with E-state index in [2.05, 4.69) is 32.7 Å². The first kappa shape index (κ1) is 19.4. The lowest BCUT2D eigenvalue weighted by Gasteiger charge is -2.35. The Morgan fingerprint density at radius 2 is 1.54 bits per heavy atom. The molecule has 0 unspecified atom stereocenters. The van der Waals surface area contributed by atoms with Crippen LogP contribution in [0, 0.1) is 13.8 Å². The van der Waals surface area contributed by atoms with Crippen molar-refractivity contribution in [2.45, 2.75) is 63.8 Å². The van der Waals surface area contributed by atoms with Crippen LogP contribution < -0.4 is 0 Å². The molecule has 0 N–H and O–H groups in total. The van der Waals surface area contributed by atoms with E-state index in [0.717, 1.165) is 37.1 Å². The van der Waals surface area contributed by atoms with Crippen LogP contribution >= 0.6 is 0 Å². The van der Waals surface area contributed by atoms with Crippen LogP contribution in [0.4, 0.5) is 0 Å². The number of likely N-dealkylation sites (tertiary alicyclic amines) is 1. The molecular formula is C19H32N2O2S. The zero-order chi connectivity index (χ0) is 18.3. The quantitative estimate of drug-likeness (QED) is 0.838. The third-order valence-electron chi connectivity index (χ3n) is 5.17. The van der Waals surface area contributed by atoms with Gasteiger partial charge in [0.25, 0.3) is 0 Å². The number of aryl methyl sites for hydroxylation is 2. The second kappa shape index (κ2) is 6.77. The van der Waals surface area contributed by atoms with Gasteiger partial charge in [0, 0.05) is 13.1 Å². The largest absolute Gasteiger partial charge is 0.306 e. The molecule has 4 nitrogen and oxygen atoms in total. The maximum Gasteiger partial charge on any atom is 0.243 e. The van der Waals surface area contributed by atoms with Crippen molar-refractivity contribution >= 4 is 10.0 Å². The van der Waals surface area contributed by atoms with Gasteiger partial charge in [0.15, 0.2) is 0 Å². The normalized spacial score (nSPS) is 18.3. The molecule has 0 bridgehead atoms. The monoisotopic (exact) mass is 352 g/mol. The van der Waals surface area contributed by atoms with Crippen LogP contribution in [0.25, 0.3) is 0 Å². The molecule has 1 aliphatic rings. The first-order chi connectivity index (χ1) is 10.9. The van der Waals surface area contributed by atoms with Gasteiger partial charge in [0.05, 0.1) is 4.90 Å². The highest BCUT2D eigenvalue weighted by Gasteiger charge is 2.32. The van der Waals surface area contributed by atoms with E-state index in [1.54, 1.807) is 11.4 Å². The molecule has 1 heterocycles. The van der Waals surface area contributed by atoms with Crippen LogP contribution in [0.3, 0.4) is 0 Å². The Bertz CT molecular complexity index is 674. The zero-order valence-corrected chi connectivity index (χ0v) is 17.0. The number of rotatable bonds is 3. The summed E-state index contributed by atoms with van der Waals surface area (Å²) < 4.78 is 28.1. The van der Waals surface area contributed by atoms with Crippen LogP contribution in [-0.2, 0) is 15.4 Å². The van der Waals surface area contributed by atoms with Crippen LogP contribution in [0.1, 0.15) is 50.3 Å². The molecule has 1 aromatic carbocycles. The minimum absolute atomic E-state index is 0.0116. The number of hydrogen-bond donors (Lipinski definition) is 0. The summed E-state index contributed by atoms with van der Waals surface area (Å²) in [5.41, 5.74) is 2.88. The molecule has 2 rings (SSSR count). The zero-order valence-electron chi connectivity index (χ0n) is 16.2. The van der Waals surface area contributed by atoms with Crippen molar-refractivity contribution in [2.75, 3.05) is 27.2 Å². The lowest BCUT2D eigenvalue weighted by Crippen LogP contribution is -2.44. The molecule has 0 radical (unpaired) electrons. The predicted molar refractivity (Wildman–Crippen MR) is 100 cm³/mol. The van der Waals surface area contributed by atoms with Crippen LogP contribution in [0.15, 0.2) is 17.0 Å². The number of nitrogens with zero attached hydrogens (tertiary/aromatic N) is 2. The van der Waals surface area contributed by atoms with E-state index in [1.807, 2.05) is 26.0 Å². The molecule has 0 saturated carbocycles. The number of sulfonamides is 1. The van der Waals surface area contributed by atoms with Crippen LogP contribution in [-0.4, -0.2) is 50.8 Å². The van der Waals surface area contributed by atoms with Gasteiger partial charge < -0.3 is 4.90 Å². The molecule has 0 aromatic heterocycles. The summed E-state index contributed by atoms with van der Waals surface area (Å²) in [6, 6.07) is 4.15. The number of hydrogen-bond acceptors (Lipinski definition) is 3. The van der Waals surface area contributed by atoms with E-state index in [1.165, 1.54) is 5.56 Å². The SMILES string of the molecule is Cc1cc(C(C)(C)C)cc(C)c1S(=O)(=O)N(C)C1CCN(C)CC1. The van der Waals surface area contributed by atoms with Crippen LogP contribution in [0.5, 0.6) is 0 Å². The average molecular weight is 353 g/mol. The fourth-order valence-corrected chi connectivity index (χ4v) is 5.31. The molecule has 0 amide bonds. The Balaban J connectivity index is 2.39. The first-order valence-corrected chi connectivity index (χ1v) is 10.2. The van der Waals surface area contributed by atoms with Gasteiger partial charge >= 0.3 is 0 Å². The second-order valence-corrected chi connectivity index (χ2v) is 10.2. The second-order valence-electron chi connectivity index (χ2n) is 8.24. The lowest BCUT2D eigenvalue weighted by molar-refractivity contribution is 0.197. The smallest absolute Gasteiger partial charge is 0.243 e. The van der Waals surface area contributed by atoms with Gasteiger partial charge in [-0.25, -0.2) is 8.42 Å². The summed E-state index contributed by atoms with van der Waals surface area (Å²) in [6.45, 7) is 12.2. The molecule has 1 fully saturated rings. The van der Waals surface area contributed by atoms with Crippen molar-refractivity contribution in [1.82, 2.24) is 9.21 Å². The summed E-state index contributed by atoms with van der Waals surface area (Å²) >= 11 is 0. The van der Waals surface area contributed by atoms with E-state index in [0.29, 0.717) is 4.90 Å². The van der Waals surface area contributed by atoms with E-state index in [4.69, 9.17) is 0 Å². The molecule has 1 saturated heterocycles. The fraction of sp³-hybridized carbons (Fsp3) is 0.684. The highest BCUT2D eigenvalue weighted by Crippen LogP contribution is 2.31. The molecule has 0 aliphatic carbocycles. The fourth-order valence-electron chi connectivity index (χ4n) is 3.49. The maximum absolute atomic E-state index is 13.2. The summed E-state index contributed by atoms with van der Waals surface area (Å²) in [7, 11) is 0.361. The third kappa shape index (κ3) is 3.84. The molecule has 1 aromatic rings. The number of benzene rings is 1. The van der Waals surface area contributed by atoms with Gasteiger partial charge in [-0.1, -0.05) is 32.9 Å². The number of piperidine rings is 1. The summed E-state index contributed by atoms with van der Waals surface area (Å²) in [6.07, 6.45) is 1.79. The van der Waals surface area contributed by atoms with Gasteiger partial charge in [-0.05, 0) is 68.9 Å². The Morgan fingerprint density at radius 3 is 1.96 bits per heavy atom. The minimum Gasteiger partial charge on any atom is -0.306 e. The van der Waals surface area contributed by atoms with Crippen molar-refractivity contribution in [3.05, 3.63) is 28.8 Å². The molecule has 24 heavy (non-hydrogen) atoms. The molecule has 136 valence electrons. The van der Waals surface area contributed by atoms with Crippen molar-refractivity contribution < 1.29 is 8.42 Å². The Hall–Kier alpha value is -0.910. The van der Waals surface area contributed by atoms with E-state index in [9.17, 15) is 8.42 Å². The highest BCUT2D eigenvalue weighted by molar-refractivity contribution is 7.89. The Kier molecular flexibility index (Phi) is 5.48. The summed E-state index contributed by atoms with van der Waals surface area (Å²) in [5, 5.41) is 0. The maximum atomic E-state index is 13.2. The topological polar surface area (TPSA) is 40.6 Å². The molecule has 0 spiro atoms. The van der Waals surface area contributed by atoms with Crippen molar-refractivity contribution in [3.8, 4) is 0 Å². The minimum atomic E-state index is -3.46. The van der Waals surface area contributed by atoms with E-state index >= 15 is 0 Å². The van der Waals surface area contributed by atoms with Gasteiger partial charge in [0.1, 0.15) is 0 Å². The first-order valence-electron chi connectivity index (χ1n) is 8.73. The predicted octanol–water partition coefficient (Wildman–Crippen LogP) is 3.32. The van der Waals surface area contributed by atoms with Crippen molar-refractivity contribution in [2.24, 2.45) is 0 Å². The van der Waals surface area contributed by atoms with Crippen LogP contribution in [0.2, 0.25) is 0 Å². The Labute approximate surface area is 147 Å². The molecule has 1 aliphatic heterocycles. The van der Waals surface area contributed by atoms with Crippen molar-refractivity contribution in [3.63, 3.8) is 0 Å². The van der Waals surface area contributed by atoms with Gasteiger partial charge in [0.2, 0.25) is 10.0 Å². The summed E-state index contributed by atoms with van der Waals surface area (Å²) in [4.78, 5) is 2.74. The molecule has 0 atom stereocenters. The van der Waals surface area contributed by atoms with E-state index in [-0.39, 0.29) is 11.5 Å². The highest BCUT2D eigenvalue weighted by atomic mass is 32.2. The van der Waals surface area contributed by atoms with Gasteiger partial charge in [-0.2, -0.15) is 4.31 Å². The summed E-state index contributed by atoms with van der Waals surface area (Å²) in [5.74, 6) is 0. The standard InChI is InChI=1S/C19H32N2O2S/c1-14-12-16(19(3,4)5)13-15(2)18(14)24(22,23)21(7)17-8-10-20(6)11-9-17/h12-13,17H,8-11H2,1-7H3.